The third-order valence-corrected chi connectivity index (χ3v) is 1.89. The zero-order chi connectivity index (χ0) is 7.40. The topological polar surface area (TPSA) is 29.5 Å². The van der Waals surface area contributed by atoms with Crippen molar-refractivity contribution in [3.8, 4) is 0 Å². The second-order valence-corrected chi connectivity index (χ2v) is 2.69. The van der Waals surface area contributed by atoms with Gasteiger partial charge in [0, 0.05) is 29.0 Å². The molecule has 3 nitrogen and oxygen atoms in total. The van der Waals surface area contributed by atoms with Gasteiger partial charge in [-0.1, -0.05) is 0 Å². The predicted molar refractivity (Wildman–Crippen MR) is 41.5 cm³/mol. The van der Waals surface area contributed by atoms with Crippen molar-refractivity contribution >= 4 is 15.4 Å². The van der Waals surface area contributed by atoms with Crippen molar-refractivity contribution in [3.05, 3.63) is 0 Å². The minimum Gasteiger partial charge on any atom is -0.364 e. The molecule has 0 aromatic rings. The summed E-state index contributed by atoms with van der Waals surface area (Å²) in [5.41, 5.74) is 0. The number of hydrogen-bond donors (Lipinski definition) is 0. The van der Waals surface area contributed by atoms with Gasteiger partial charge in [-0.25, -0.2) is 0 Å². The fraction of sp³-hybridized carbons (Fsp3) is 0.833. The van der Waals surface area contributed by atoms with E-state index in [4.69, 9.17) is 4.52 Å². The molecule has 0 aliphatic carbocycles. The lowest BCUT2D eigenvalue weighted by atomic mass is 10.4. The summed E-state index contributed by atoms with van der Waals surface area (Å²) < 4.78 is 4.77. The fourth-order valence-corrected chi connectivity index (χ4v) is 1.21. The Bertz CT molecular complexity index is 129. The number of carbonyl (C=O) groups is 1. The van der Waals surface area contributed by atoms with Crippen LogP contribution >= 0.6 is 9.47 Å². The first-order chi connectivity index (χ1) is 4.84. The van der Waals surface area contributed by atoms with Crippen LogP contribution in [-0.4, -0.2) is 30.5 Å². The second-order valence-electron chi connectivity index (χ2n) is 2.36. The van der Waals surface area contributed by atoms with Gasteiger partial charge in [-0.3, -0.25) is 4.79 Å². The molecule has 1 unspecified atom stereocenters. The molecule has 1 atom stereocenters. The monoisotopic (exact) mass is 161 g/mol. The van der Waals surface area contributed by atoms with Gasteiger partial charge in [0.05, 0.1) is 6.61 Å². The van der Waals surface area contributed by atoms with E-state index in [1.165, 1.54) is 0 Å². The first-order valence-electron chi connectivity index (χ1n) is 3.44. The van der Waals surface area contributed by atoms with Gasteiger partial charge in [-0.2, -0.15) is 0 Å². The summed E-state index contributed by atoms with van der Waals surface area (Å²) in [7, 11) is 2.18. The van der Waals surface area contributed by atoms with Gasteiger partial charge < -0.3 is 9.42 Å². The zero-order valence-electron chi connectivity index (χ0n) is 5.88. The Labute approximate surface area is 63.0 Å². The van der Waals surface area contributed by atoms with Gasteiger partial charge in [0.1, 0.15) is 0 Å². The Hall–Kier alpha value is -0.140. The van der Waals surface area contributed by atoms with Gasteiger partial charge >= 0.3 is 0 Å². The molecular weight excluding hydrogens is 149 g/mol. The second kappa shape index (κ2) is 3.89. The molecule has 1 heterocycles. The van der Waals surface area contributed by atoms with Crippen LogP contribution in [0, 0.1) is 0 Å². The third kappa shape index (κ3) is 1.93. The average molecular weight is 161 g/mol. The molecule has 1 aliphatic heterocycles. The third-order valence-electron chi connectivity index (χ3n) is 1.65. The van der Waals surface area contributed by atoms with Crippen molar-refractivity contribution in [2.75, 3.05) is 19.7 Å². The highest BCUT2D eigenvalue weighted by atomic mass is 31.0. The van der Waals surface area contributed by atoms with Crippen LogP contribution in [0.5, 0.6) is 0 Å². The maximum absolute atomic E-state index is 10.9. The lowest BCUT2D eigenvalue weighted by Gasteiger charge is -2.13. The van der Waals surface area contributed by atoms with Crippen LogP contribution in [0.15, 0.2) is 0 Å². The van der Waals surface area contributed by atoms with Crippen molar-refractivity contribution in [1.82, 2.24) is 4.90 Å². The van der Waals surface area contributed by atoms with E-state index in [0.717, 1.165) is 25.9 Å². The molecule has 0 N–H and O–H groups in total. The van der Waals surface area contributed by atoms with Crippen LogP contribution in [-0.2, 0) is 9.32 Å². The minimum atomic E-state index is 0.266. The molecule has 1 amide bonds. The predicted octanol–water partition coefficient (Wildman–Crippen LogP) is 0.416. The summed E-state index contributed by atoms with van der Waals surface area (Å²) in [5, 5.41) is 0. The van der Waals surface area contributed by atoms with Crippen LogP contribution in [0.3, 0.4) is 0 Å². The van der Waals surface area contributed by atoms with Crippen LogP contribution in [0.2, 0.25) is 0 Å². The summed E-state index contributed by atoms with van der Waals surface area (Å²) in [6.45, 7) is 2.27. The molecule has 0 aromatic heterocycles. The summed E-state index contributed by atoms with van der Waals surface area (Å²) in [6.07, 6.45) is 1.73. The van der Waals surface area contributed by atoms with Crippen molar-refractivity contribution in [2.45, 2.75) is 12.8 Å². The van der Waals surface area contributed by atoms with Crippen LogP contribution in [0.25, 0.3) is 0 Å². The standard InChI is InChI=1S/C6H12NO2P/c8-6-2-1-3-7(6)4-5-9-10/h1-5,10H2. The molecule has 1 fully saturated rings. The zero-order valence-corrected chi connectivity index (χ0v) is 7.03. The smallest absolute Gasteiger partial charge is 0.222 e. The van der Waals surface area contributed by atoms with E-state index in [-0.39, 0.29) is 5.91 Å². The number of carbonyl (C=O) groups excluding carboxylic acids is 1. The molecule has 58 valence electrons. The van der Waals surface area contributed by atoms with Crippen LogP contribution < -0.4 is 0 Å². The van der Waals surface area contributed by atoms with E-state index in [2.05, 4.69) is 9.47 Å². The first kappa shape index (κ1) is 7.96. The molecule has 0 aromatic carbocycles. The average Bonchev–Trinajstić information content (AvgIpc) is 2.31. The fourth-order valence-electron chi connectivity index (χ4n) is 1.10. The minimum absolute atomic E-state index is 0.266. The number of rotatable bonds is 3. The van der Waals surface area contributed by atoms with E-state index in [9.17, 15) is 4.79 Å². The van der Waals surface area contributed by atoms with E-state index < -0.39 is 0 Å². The Morgan fingerprint density at radius 1 is 1.70 bits per heavy atom. The molecule has 0 bridgehead atoms. The lowest BCUT2D eigenvalue weighted by molar-refractivity contribution is -0.127. The largest absolute Gasteiger partial charge is 0.364 e. The highest BCUT2D eigenvalue weighted by molar-refractivity contribution is 7.09. The first-order valence-corrected chi connectivity index (χ1v) is 3.91. The van der Waals surface area contributed by atoms with Crippen LogP contribution in [0.4, 0.5) is 0 Å². The SMILES string of the molecule is O=C1CCCN1CCOP. The number of likely N-dealkylation sites (tertiary alicyclic amines) is 1. The van der Waals surface area contributed by atoms with E-state index >= 15 is 0 Å². The molecule has 1 saturated heterocycles. The number of nitrogens with zero attached hydrogens (tertiary/aromatic N) is 1. The van der Waals surface area contributed by atoms with Gasteiger partial charge in [0.15, 0.2) is 0 Å². The molecular formula is C6H12NO2P. The van der Waals surface area contributed by atoms with E-state index in [1.54, 1.807) is 0 Å². The highest BCUT2D eigenvalue weighted by Gasteiger charge is 2.18. The number of hydrogen-bond acceptors (Lipinski definition) is 2. The Morgan fingerprint density at radius 3 is 3.00 bits per heavy atom. The quantitative estimate of drug-likeness (QED) is 0.561. The Morgan fingerprint density at radius 2 is 2.50 bits per heavy atom. The van der Waals surface area contributed by atoms with Crippen LogP contribution in [0.1, 0.15) is 12.8 Å². The maximum atomic E-state index is 10.9. The summed E-state index contributed by atoms with van der Waals surface area (Å²) in [4.78, 5) is 12.8. The summed E-state index contributed by atoms with van der Waals surface area (Å²) in [5.74, 6) is 0.266. The van der Waals surface area contributed by atoms with Crippen molar-refractivity contribution in [2.24, 2.45) is 0 Å². The Balaban J connectivity index is 2.20. The maximum Gasteiger partial charge on any atom is 0.222 e. The summed E-state index contributed by atoms with van der Waals surface area (Å²) in [6, 6.07) is 0. The van der Waals surface area contributed by atoms with Crippen molar-refractivity contribution in [3.63, 3.8) is 0 Å². The lowest BCUT2D eigenvalue weighted by Crippen LogP contribution is -2.27. The molecule has 1 rings (SSSR count). The van der Waals surface area contributed by atoms with Gasteiger partial charge in [0.25, 0.3) is 0 Å². The molecule has 4 heteroatoms. The van der Waals surface area contributed by atoms with Gasteiger partial charge in [0.2, 0.25) is 5.91 Å². The Kier molecular flexibility index (Phi) is 3.10. The van der Waals surface area contributed by atoms with E-state index in [1.807, 2.05) is 4.90 Å². The number of amides is 1. The molecule has 0 saturated carbocycles. The molecule has 0 radical (unpaired) electrons. The molecule has 10 heavy (non-hydrogen) atoms. The molecule has 1 aliphatic rings. The van der Waals surface area contributed by atoms with Gasteiger partial charge in [-0.05, 0) is 6.42 Å². The highest BCUT2D eigenvalue weighted by Crippen LogP contribution is 2.08. The van der Waals surface area contributed by atoms with Crippen molar-refractivity contribution < 1.29 is 9.32 Å². The van der Waals surface area contributed by atoms with Gasteiger partial charge in [-0.15, -0.1) is 0 Å². The summed E-state index contributed by atoms with van der Waals surface area (Å²) >= 11 is 0. The van der Waals surface area contributed by atoms with E-state index in [0.29, 0.717) is 6.61 Å². The molecule has 0 spiro atoms. The van der Waals surface area contributed by atoms with Crippen molar-refractivity contribution in [1.29, 1.82) is 0 Å². The normalized spacial score (nSPS) is 18.5.